The molecule has 2 nitrogen and oxygen atoms in total. The van der Waals surface area contributed by atoms with E-state index in [1.54, 1.807) is 6.26 Å². The molecule has 1 aromatic carbocycles. The first-order valence-corrected chi connectivity index (χ1v) is 10.4. The van der Waals surface area contributed by atoms with Gasteiger partial charge in [0.05, 0.1) is 6.26 Å². The van der Waals surface area contributed by atoms with E-state index in [1.807, 2.05) is 31.2 Å². The van der Waals surface area contributed by atoms with Crippen molar-refractivity contribution in [3.8, 4) is 0 Å². The Morgan fingerprint density at radius 1 is 1.10 bits per heavy atom. The molecule has 0 saturated heterocycles. The number of hydrogen-bond donors (Lipinski definition) is 0. The smallest absolute Gasteiger partial charge is 0.242 e. The van der Waals surface area contributed by atoms with Crippen LogP contribution < -0.4 is 0 Å². The monoisotopic (exact) mass is 290 g/mol. The molecule has 0 aliphatic heterocycles. The van der Waals surface area contributed by atoms with Crippen LogP contribution in [0.25, 0.3) is 0 Å². The van der Waals surface area contributed by atoms with Crippen LogP contribution in [0, 0.1) is 0 Å². The van der Waals surface area contributed by atoms with Gasteiger partial charge < -0.3 is 9.16 Å². The number of hydrogen-bond acceptors (Lipinski definition) is 2. The standard InChI is InChI=1S/C17H26O2Si/c1-14(2)17(19-20(4,5)6)12-13-18-15(3)16-10-8-7-9-11-16/h7-13,15H,1-6H3/b13-12+/t15-/m0/s1. The lowest BCUT2D eigenvalue weighted by molar-refractivity contribution is 0.163. The molecule has 0 aliphatic rings. The molecule has 0 aliphatic carbocycles. The van der Waals surface area contributed by atoms with Gasteiger partial charge in [0.1, 0.15) is 11.9 Å². The molecule has 0 radical (unpaired) electrons. The first-order chi connectivity index (χ1) is 9.29. The minimum atomic E-state index is -1.59. The summed E-state index contributed by atoms with van der Waals surface area (Å²) < 4.78 is 11.8. The number of ether oxygens (including phenoxy) is 1. The first kappa shape index (κ1) is 16.6. The molecule has 0 amide bonds. The Labute approximate surface area is 124 Å². The van der Waals surface area contributed by atoms with Gasteiger partial charge in [-0.25, -0.2) is 0 Å². The van der Waals surface area contributed by atoms with Gasteiger partial charge >= 0.3 is 0 Å². The second-order valence-corrected chi connectivity index (χ2v) is 10.5. The Bertz CT molecular complexity index is 466. The molecule has 0 N–H and O–H groups in total. The Morgan fingerprint density at radius 2 is 1.70 bits per heavy atom. The van der Waals surface area contributed by atoms with Gasteiger partial charge in [0.25, 0.3) is 0 Å². The quantitative estimate of drug-likeness (QED) is 0.395. The van der Waals surface area contributed by atoms with Gasteiger partial charge in [0.2, 0.25) is 8.32 Å². The van der Waals surface area contributed by atoms with Crippen molar-refractivity contribution in [2.75, 3.05) is 0 Å². The van der Waals surface area contributed by atoms with E-state index in [-0.39, 0.29) is 6.10 Å². The average molecular weight is 290 g/mol. The molecule has 1 aromatic rings. The van der Waals surface area contributed by atoms with Crippen molar-refractivity contribution in [2.45, 2.75) is 46.5 Å². The van der Waals surface area contributed by atoms with Crippen LogP contribution in [0.15, 0.2) is 54.0 Å². The molecule has 3 heteroatoms. The molecule has 0 aromatic heterocycles. The lowest BCUT2D eigenvalue weighted by atomic mass is 10.1. The van der Waals surface area contributed by atoms with Crippen molar-refractivity contribution in [1.29, 1.82) is 0 Å². The molecule has 0 saturated carbocycles. The van der Waals surface area contributed by atoms with Crippen LogP contribution in [0.5, 0.6) is 0 Å². The summed E-state index contributed by atoms with van der Waals surface area (Å²) in [5, 5.41) is 0. The normalized spacial score (nSPS) is 13.1. The van der Waals surface area contributed by atoms with E-state index in [1.165, 1.54) is 11.1 Å². The summed E-state index contributed by atoms with van der Waals surface area (Å²) in [6.45, 7) is 12.7. The molecule has 0 unspecified atom stereocenters. The van der Waals surface area contributed by atoms with Crippen LogP contribution in [-0.2, 0) is 9.16 Å². The van der Waals surface area contributed by atoms with Crippen molar-refractivity contribution < 1.29 is 9.16 Å². The van der Waals surface area contributed by atoms with E-state index < -0.39 is 8.32 Å². The van der Waals surface area contributed by atoms with Crippen molar-refractivity contribution >= 4 is 8.32 Å². The fourth-order valence-corrected chi connectivity index (χ4v) is 2.59. The third-order valence-electron chi connectivity index (χ3n) is 2.68. The highest BCUT2D eigenvalue weighted by atomic mass is 28.4. The molecule has 20 heavy (non-hydrogen) atoms. The van der Waals surface area contributed by atoms with Crippen LogP contribution in [0.3, 0.4) is 0 Å². The van der Waals surface area contributed by atoms with Crippen LogP contribution in [-0.4, -0.2) is 8.32 Å². The summed E-state index contributed by atoms with van der Waals surface area (Å²) in [5.74, 6) is 0.921. The zero-order valence-corrected chi connectivity index (χ0v) is 14.4. The van der Waals surface area contributed by atoms with Crippen LogP contribution in [0.2, 0.25) is 19.6 Å². The SMILES string of the molecule is CC(C)=C(/C=C/O[C@@H](C)c1ccccc1)O[Si](C)(C)C. The minimum Gasteiger partial charge on any atom is -0.544 e. The summed E-state index contributed by atoms with van der Waals surface area (Å²) in [7, 11) is -1.59. The summed E-state index contributed by atoms with van der Waals surface area (Å²) in [5.41, 5.74) is 2.33. The Morgan fingerprint density at radius 3 is 2.20 bits per heavy atom. The Hall–Kier alpha value is -1.48. The molecule has 1 rings (SSSR count). The predicted octanol–water partition coefficient (Wildman–Crippen LogP) is 5.42. The second-order valence-electron chi connectivity index (χ2n) is 6.07. The van der Waals surface area contributed by atoms with E-state index in [0.717, 1.165) is 5.76 Å². The highest BCUT2D eigenvalue weighted by Gasteiger charge is 2.17. The molecule has 1 atom stereocenters. The molecule has 0 bridgehead atoms. The maximum Gasteiger partial charge on any atom is 0.242 e. The number of benzene rings is 1. The largest absolute Gasteiger partial charge is 0.544 e. The molecule has 0 heterocycles. The molecular formula is C17H26O2Si. The average Bonchev–Trinajstić information content (AvgIpc) is 2.37. The van der Waals surface area contributed by atoms with E-state index in [0.29, 0.717) is 0 Å². The predicted molar refractivity (Wildman–Crippen MR) is 87.9 cm³/mol. The van der Waals surface area contributed by atoms with Gasteiger partial charge in [-0.1, -0.05) is 30.3 Å². The van der Waals surface area contributed by atoms with Crippen LogP contribution >= 0.6 is 0 Å². The Balaban J connectivity index is 2.65. The third kappa shape index (κ3) is 6.11. The minimum absolute atomic E-state index is 0.0396. The summed E-state index contributed by atoms with van der Waals surface area (Å²) in [4.78, 5) is 0. The highest BCUT2D eigenvalue weighted by molar-refractivity contribution is 6.70. The molecule has 0 spiro atoms. The zero-order chi connectivity index (χ0) is 15.2. The van der Waals surface area contributed by atoms with Crippen LogP contribution in [0.4, 0.5) is 0 Å². The van der Waals surface area contributed by atoms with Crippen molar-refractivity contribution in [3.63, 3.8) is 0 Å². The highest BCUT2D eigenvalue weighted by Crippen LogP contribution is 2.18. The maximum atomic E-state index is 6.04. The van der Waals surface area contributed by atoms with Crippen LogP contribution in [0.1, 0.15) is 32.4 Å². The molecule has 110 valence electrons. The summed E-state index contributed by atoms with van der Waals surface area (Å²) in [6.07, 6.45) is 3.70. The van der Waals surface area contributed by atoms with Crippen molar-refractivity contribution in [3.05, 3.63) is 59.6 Å². The molecular weight excluding hydrogens is 264 g/mol. The molecule has 0 fully saturated rings. The van der Waals surface area contributed by atoms with Crippen molar-refractivity contribution in [1.82, 2.24) is 0 Å². The third-order valence-corrected chi connectivity index (χ3v) is 3.51. The first-order valence-electron chi connectivity index (χ1n) is 7.03. The maximum absolute atomic E-state index is 6.04. The van der Waals surface area contributed by atoms with E-state index in [2.05, 4.69) is 45.6 Å². The van der Waals surface area contributed by atoms with Gasteiger partial charge in [-0.05, 0) is 51.5 Å². The fraction of sp³-hybridized carbons (Fsp3) is 0.412. The number of allylic oxidation sites excluding steroid dienone is 2. The van der Waals surface area contributed by atoms with Crippen molar-refractivity contribution in [2.24, 2.45) is 0 Å². The Kier molecular flexibility index (Phi) is 6.08. The topological polar surface area (TPSA) is 18.5 Å². The number of rotatable bonds is 6. The van der Waals surface area contributed by atoms with Gasteiger partial charge in [0, 0.05) is 6.08 Å². The second kappa shape index (κ2) is 7.34. The lowest BCUT2D eigenvalue weighted by Gasteiger charge is -2.21. The lowest BCUT2D eigenvalue weighted by Crippen LogP contribution is -2.24. The van der Waals surface area contributed by atoms with Gasteiger partial charge in [-0.3, -0.25) is 0 Å². The van der Waals surface area contributed by atoms with E-state index >= 15 is 0 Å². The van der Waals surface area contributed by atoms with Gasteiger partial charge in [-0.15, -0.1) is 0 Å². The summed E-state index contributed by atoms with van der Waals surface area (Å²) >= 11 is 0. The zero-order valence-electron chi connectivity index (χ0n) is 13.4. The summed E-state index contributed by atoms with van der Waals surface area (Å²) in [6, 6.07) is 10.2. The van der Waals surface area contributed by atoms with Gasteiger partial charge in [-0.2, -0.15) is 0 Å². The van der Waals surface area contributed by atoms with Gasteiger partial charge in [0.15, 0.2) is 0 Å². The van der Waals surface area contributed by atoms with E-state index in [9.17, 15) is 0 Å². The fourth-order valence-electron chi connectivity index (χ4n) is 1.65. The van der Waals surface area contributed by atoms with E-state index in [4.69, 9.17) is 9.16 Å².